The van der Waals surface area contributed by atoms with Gasteiger partial charge in [0, 0.05) is 24.2 Å². The van der Waals surface area contributed by atoms with Crippen molar-refractivity contribution in [1.29, 1.82) is 0 Å². The minimum Gasteiger partial charge on any atom is -0.371 e. The highest BCUT2D eigenvalue weighted by Gasteiger charge is 2.18. The minimum atomic E-state index is -3.20. The molecule has 0 bridgehead atoms. The summed E-state index contributed by atoms with van der Waals surface area (Å²) in [5, 5.41) is 3.85. The van der Waals surface area contributed by atoms with Crippen molar-refractivity contribution in [2.75, 3.05) is 32.4 Å². The maximum Gasteiger partial charge on any atom is 0.178 e. The summed E-state index contributed by atoms with van der Waals surface area (Å²) in [6, 6.07) is 3.09. The molecule has 2 heterocycles. The largest absolute Gasteiger partial charge is 0.371 e. The van der Waals surface area contributed by atoms with E-state index < -0.39 is 9.84 Å². The van der Waals surface area contributed by atoms with Crippen LogP contribution in [0.1, 0.15) is 25.7 Å². The molecule has 0 aromatic carbocycles. The third kappa shape index (κ3) is 6.66. The van der Waals surface area contributed by atoms with Crippen LogP contribution in [0.3, 0.4) is 0 Å². The number of sulfone groups is 1. The van der Waals surface area contributed by atoms with E-state index in [2.05, 4.69) is 22.2 Å². The second-order valence-electron chi connectivity index (χ2n) is 6.04. The van der Waals surface area contributed by atoms with Gasteiger partial charge >= 0.3 is 0 Å². The number of likely N-dealkylation sites (tertiary alicyclic amines) is 1. The summed E-state index contributed by atoms with van der Waals surface area (Å²) in [5.41, 5.74) is 0. The number of pyridine rings is 1. The molecular formula is C16H25N3O2S3. The van der Waals surface area contributed by atoms with Crippen LogP contribution >= 0.6 is 24.0 Å². The van der Waals surface area contributed by atoms with E-state index in [0.717, 1.165) is 30.4 Å². The van der Waals surface area contributed by atoms with Crippen molar-refractivity contribution in [2.45, 2.75) is 35.8 Å². The van der Waals surface area contributed by atoms with Crippen LogP contribution in [0.15, 0.2) is 29.4 Å². The Bertz CT molecular complexity index is 615. The average Bonchev–Trinajstić information content (AvgIpc) is 2.57. The lowest BCUT2D eigenvalue weighted by Crippen LogP contribution is -2.33. The first kappa shape index (κ1) is 19.6. The molecule has 24 heavy (non-hydrogen) atoms. The van der Waals surface area contributed by atoms with Gasteiger partial charge < -0.3 is 10.2 Å². The fraction of sp³-hybridized carbons (Fsp3) is 0.625. The van der Waals surface area contributed by atoms with Gasteiger partial charge in [-0.25, -0.2) is 8.42 Å². The van der Waals surface area contributed by atoms with Crippen molar-refractivity contribution >= 4 is 38.1 Å². The molecule has 0 spiro atoms. The fourth-order valence-corrected chi connectivity index (χ4v) is 5.37. The molecule has 1 aromatic rings. The van der Waals surface area contributed by atoms with Crippen LogP contribution in [-0.2, 0) is 9.84 Å². The van der Waals surface area contributed by atoms with Crippen LogP contribution < -0.4 is 5.32 Å². The van der Waals surface area contributed by atoms with E-state index >= 15 is 0 Å². The highest BCUT2D eigenvalue weighted by molar-refractivity contribution is 8.23. The fourth-order valence-electron chi connectivity index (χ4n) is 2.57. The Balaban J connectivity index is 1.60. The van der Waals surface area contributed by atoms with E-state index in [9.17, 15) is 8.42 Å². The molecule has 0 radical (unpaired) electrons. The predicted molar refractivity (Wildman–Crippen MR) is 104 cm³/mol. The number of unbranched alkanes of at least 4 members (excludes halogenated alkanes) is 1. The first-order chi connectivity index (χ1) is 11.5. The lowest BCUT2D eigenvalue weighted by molar-refractivity contribution is 0.282. The number of hydrogen-bond acceptors (Lipinski definition) is 6. The molecule has 1 N–H and O–H groups in total. The van der Waals surface area contributed by atoms with E-state index in [1.165, 1.54) is 25.2 Å². The van der Waals surface area contributed by atoms with Gasteiger partial charge in [0.25, 0.3) is 0 Å². The maximum absolute atomic E-state index is 12.1. The number of thioether (sulfide) groups is 1. The summed E-state index contributed by atoms with van der Waals surface area (Å²) in [5.74, 6) is 0.160. The number of nitrogens with one attached hydrogen (secondary N) is 1. The number of thiocarbonyl (C=S) groups is 1. The molecule has 2 rings (SSSR count). The van der Waals surface area contributed by atoms with Gasteiger partial charge in [-0.2, -0.15) is 0 Å². The zero-order valence-corrected chi connectivity index (χ0v) is 16.4. The standard InChI is InChI=1S/C16H25N3O2S3/c1-19-11-6-14(7-12-19)23-16(22)18-8-2-3-13-24(20,21)15-4-9-17-10-5-15/h4-5,9-10,14H,2-3,6-8,11-13H2,1H3,(H,18,22). The summed E-state index contributed by atoms with van der Waals surface area (Å²) < 4.78 is 25.1. The van der Waals surface area contributed by atoms with Crippen LogP contribution in [0.4, 0.5) is 0 Å². The van der Waals surface area contributed by atoms with Gasteiger partial charge in [0.05, 0.1) is 10.6 Å². The summed E-state index contributed by atoms with van der Waals surface area (Å²) in [4.78, 5) is 6.54. The highest BCUT2D eigenvalue weighted by atomic mass is 32.2. The molecule has 1 aliphatic rings. The Morgan fingerprint density at radius 1 is 1.33 bits per heavy atom. The Morgan fingerprint density at radius 3 is 2.67 bits per heavy atom. The van der Waals surface area contributed by atoms with Crippen molar-refractivity contribution in [1.82, 2.24) is 15.2 Å². The second-order valence-corrected chi connectivity index (χ2v) is 10.1. The van der Waals surface area contributed by atoms with Crippen LogP contribution in [0.5, 0.6) is 0 Å². The van der Waals surface area contributed by atoms with Crippen molar-refractivity contribution in [2.24, 2.45) is 0 Å². The molecule has 0 saturated carbocycles. The van der Waals surface area contributed by atoms with E-state index in [1.807, 2.05) is 0 Å². The first-order valence-electron chi connectivity index (χ1n) is 8.23. The topological polar surface area (TPSA) is 62.3 Å². The monoisotopic (exact) mass is 387 g/mol. The molecule has 1 saturated heterocycles. The van der Waals surface area contributed by atoms with Crippen LogP contribution in [0.2, 0.25) is 0 Å². The minimum absolute atomic E-state index is 0.160. The molecule has 1 fully saturated rings. The van der Waals surface area contributed by atoms with Crippen molar-refractivity contribution in [3.8, 4) is 0 Å². The zero-order valence-electron chi connectivity index (χ0n) is 14.0. The summed E-state index contributed by atoms with van der Waals surface area (Å²) in [6.07, 6.45) is 6.78. The molecule has 0 atom stereocenters. The molecule has 134 valence electrons. The molecule has 8 heteroatoms. The van der Waals surface area contributed by atoms with E-state index in [4.69, 9.17) is 12.2 Å². The Hall–Kier alpha value is -0.700. The first-order valence-corrected chi connectivity index (χ1v) is 11.2. The van der Waals surface area contributed by atoms with E-state index in [0.29, 0.717) is 16.6 Å². The Labute approximate surface area is 154 Å². The van der Waals surface area contributed by atoms with Crippen molar-refractivity contribution in [3.63, 3.8) is 0 Å². The number of aromatic nitrogens is 1. The smallest absolute Gasteiger partial charge is 0.178 e. The van der Waals surface area contributed by atoms with Gasteiger partial charge in [0.2, 0.25) is 0 Å². The Morgan fingerprint density at radius 2 is 2.00 bits per heavy atom. The van der Waals surface area contributed by atoms with Crippen LogP contribution in [-0.4, -0.2) is 60.3 Å². The van der Waals surface area contributed by atoms with E-state index in [1.54, 1.807) is 23.9 Å². The SMILES string of the molecule is CN1CCC(SC(=S)NCCCCS(=O)(=O)c2ccncc2)CC1. The lowest BCUT2D eigenvalue weighted by atomic mass is 10.1. The van der Waals surface area contributed by atoms with Gasteiger partial charge in [-0.1, -0.05) is 24.0 Å². The summed E-state index contributed by atoms with van der Waals surface area (Å²) in [7, 11) is -1.05. The van der Waals surface area contributed by atoms with Gasteiger partial charge in [-0.15, -0.1) is 0 Å². The normalized spacial score (nSPS) is 16.9. The quantitative estimate of drug-likeness (QED) is 0.569. The predicted octanol–water partition coefficient (Wildman–Crippen LogP) is 2.34. The number of nitrogens with zero attached hydrogens (tertiary/aromatic N) is 2. The number of hydrogen-bond donors (Lipinski definition) is 1. The Kier molecular flexibility index (Phi) is 7.93. The number of piperidine rings is 1. The summed E-state index contributed by atoms with van der Waals surface area (Å²) in [6.45, 7) is 2.99. The lowest BCUT2D eigenvalue weighted by Gasteiger charge is -2.28. The summed E-state index contributed by atoms with van der Waals surface area (Å²) >= 11 is 7.13. The molecular weight excluding hydrogens is 362 g/mol. The molecule has 1 aliphatic heterocycles. The molecule has 0 unspecified atom stereocenters. The average molecular weight is 388 g/mol. The van der Waals surface area contributed by atoms with Crippen molar-refractivity contribution < 1.29 is 8.42 Å². The maximum atomic E-state index is 12.1. The van der Waals surface area contributed by atoms with E-state index in [-0.39, 0.29) is 5.75 Å². The zero-order chi connectivity index (χ0) is 17.4. The molecule has 5 nitrogen and oxygen atoms in total. The van der Waals surface area contributed by atoms with Gasteiger partial charge in [-0.05, 0) is 58.0 Å². The van der Waals surface area contributed by atoms with Gasteiger partial charge in [0.1, 0.15) is 4.32 Å². The number of rotatable bonds is 7. The van der Waals surface area contributed by atoms with Crippen LogP contribution in [0, 0.1) is 0 Å². The van der Waals surface area contributed by atoms with Gasteiger partial charge in [-0.3, -0.25) is 4.98 Å². The highest BCUT2D eigenvalue weighted by Crippen LogP contribution is 2.23. The van der Waals surface area contributed by atoms with Crippen LogP contribution in [0.25, 0.3) is 0 Å². The molecule has 0 aliphatic carbocycles. The van der Waals surface area contributed by atoms with Gasteiger partial charge in [0.15, 0.2) is 9.84 Å². The molecule has 1 aromatic heterocycles. The second kappa shape index (κ2) is 9.70. The van der Waals surface area contributed by atoms with Crippen molar-refractivity contribution in [3.05, 3.63) is 24.5 Å². The molecule has 0 amide bonds. The third-order valence-corrected chi connectivity index (χ3v) is 7.47. The third-order valence-electron chi connectivity index (χ3n) is 4.06.